The molecule has 4 nitrogen and oxygen atoms in total. The van der Waals surface area contributed by atoms with E-state index in [9.17, 15) is 9.59 Å². The van der Waals surface area contributed by atoms with Crippen molar-refractivity contribution in [2.75, 3.05) is 0 Å². The summed E-state index contributed by atoms with van der Waals surface area (Å²) < 4.78 is 0. The van der Waals surface area contributed by atoms with Crippen molar-refractivity contribution in [3.63, 3.8) is 0 Å². The standard InChI is InChI=1S/C64H124O4/c65-63(66)61-59-57-55-53-51-49-47-45-43-41-39-37-35-33-31-29-27-25-23-21-19-17-15-13-11-9-7-5-3-1-2-4-6-8-10-12-14-16-18-20-22-24-26-28-30-32-34-36-38-40-42-44-46-48-50-52-54-56-58-60-62-64(67)68/h59,61H,1-58,60,62H2,(H,65,66)(H,67,68). The molecule has 0 spiro atoms. The van der Waals surface area contributed by atoms with Crippen molar-refractivity contribution < 1.29 is 19.8 Å². The Bertz CT molecular complexity index is 975. The van der Waals surface area contributed by atoms with Gasteiger partial charge in [0.15, 0.2) is 0 Å². The van der Waals surface area contributed by atoms with Crippen LogP contribution in [0.4, 0.5) is 0 Å². The molecule has 0 bridgehead atoms. The predicted molar refractivity (Wildman–Crippen MR) is 301 cm³/mol. The number of rotatable bonds is 62. The van der Waals surface area contributed by atoms with Gasteiger partial charge in [-0.25, -0.2) is 4.79 Å². The first-order valence-corrected chi connectivity index (χ1v) is 31.7. The Balaban J connectivity index is 3.08. The molecule has 0 radical (unpaired) electrons. The third-order valence-corrected chi connectivity index (χ3v) is 15.3. The molecular formula is C64H124O4. The number of allylic oxidation sites excluding steroid dienone is 1. The van der Waals surface area contributed by atoms with Gasteiger partial charge in [-0.1, -0.05) is 366 Å². The van der Waals surface area contributed by atoms with Crippen molar-refractivity contribution in [2.45, 2.75) is 385 Å². The predicted octanol–water partition coefficient (Wildman–Crippen LogP) is 23.1. The Morgan fingerprint density at radius 2 is 0.338 bits per heavy atom. The molecule has 0 aliphatic heterocycles. The lowest BCUT2D eigenvalue weighted by atomic mass is 10.0. The lowest BCUT2D eigenvalue weighted by Crippen LogP contribution is -1.93. The van der Waals surface area contributed by atoms with Gasteiger partial charge < -0.3 is 10.2 Å². The van der Waals surface area contributed by atoms with Crippen LogP contribution in [0.15, 0.2) is 12.2 Å². The van der Waals surface area contributed by atoms with E-state index in [1.165, 1.54) is 359 Å². The van der Waals surface area contributed by atoms with Gasteiger partial charge in [-0.3, -0.25) is 4.79 Å². The van der Waals surface area contributed by atoms with E-state index in [1.54, 1.807) is 6.08 Å². The Morgan fingerprint density at radius 1 is 0.206 bits per heavy atom. The number of carboxylic acids is 2. The average Bonchev–Trinajstić information content (AvgIpc) is 3.33. The van der Waals surface area contributed by atoms with E-state index in [4.69, 9.17) is 10.2 Å². The summed E-state index contributed by atoms with van der Waals surface area (Å²) in [5.41, 5.74) is 0. The molecule has 0 aliphatic rings. The van der Waals surface area contributed by atoms with Gasteiger partial charge in [-0.2, -0.15) is 0 Å². The van der Waals surface area contributed by atoms with Crippen molar-refractivity contribution in [3.05, 3.63) is 12.2 Å². The number of unbranched alkanes of at least 4 members (excludes halogenated alkanes) is 58. The molecule has 0 atom stereocenters. The molecule has 0 heterocycles. The molecule has 0 aromatic heterocycles. The van der Waals surface area contributed by atoms with Gasteiger partial charge in [0.1, 0.15) is 0 Å². The van der Waals surface area contributed by atoms with Crippen molar-refractivity contribution in [3.8, 4) is 0 Å². The maximum atomic E-state index is 10.5. The topological polar surface area (TPSA) is 74.6 Å². The van der Waals surface area contributed by atoms with E-state index in [-0.39, 0.29) is 0 Å². The molecule has 4 heteroatoms. The molecule has 0 saturated carbocycles. The first-order chi connectivity index (χ1) is 33.6. The van der Waals surface area contributed by atoms with Crippen LogP contribution in [0.3, 0.4) is 0 Å². The van der Waals surface area contributed by atoms with Crippen molar-refractivity contribution in [2.24, 2.45) is 0 Å². The summed E-state index contributed by atoms with van der Waals surface area (Å²) in [5, 5.41) is 17.3. The van der Waals surface area contributed by atoms with E-state index in [1.807, 2.05) is 0 Å². The zero-order valence-corrected chi connectivity index (χ0v) is 46.3. The largest absolute Gasteiger partial charge is 0.481 e. The fraction of sp³-hybridized carbons (Fsp3) is 0.938. The molecule has 0 unspecified atom stereocenters. The second-order valence-corrected chi connectivity index (χ2v) is 22.2. The first kappa shape index (κ1) is 66.7. The quantitative estimate of drug-likeness (QED) is 0.0470. The monoisotopic (exact) mass is 957 g/mol. The third kappa shape index (κ3) is 64.7. The van der Waals surface area contributed by atoms with Crippen LogP contribution >= 0.6 is 0 Å². The molecule has 0 aromatic rings. The van der Waals surface area contributed by atoms with Crippen LogP contribution in [-0.2, 0) is 9.59 Å². The van der Waals surface area contributed by atoms with Crippen molar-refractivity contribution >= 4 is 11.9 Å². The van der Waals surface area contributed by atoms with Crippen molar-refractivity contribution in [1.82, 2.24) is 0 Å². The van der Waals surface area contributed by atoms with Gasteiger partial charge in [0.25, 0.3) is 0 Å². The summed E-state index contributed by atoms with van der Waals surface area (Å²) in [5.74, 6) is -1.48. The number of aliphatic carboxylic acids is 2. The summed E-state index contributed by atoms with van der Waals surface area (Å²) in [7, 11) is 0. The Kier molecular flexibility index (Phi) is 60.6. The third-order valence-electron chi connectivity index (χ3n) is 15.3. The van der Waals surface area contributed by atoms with Gasteiger partial charge in [-0.05, 0) is 19.3 Å². The van der Waals surface area contributed by atoms with Crippen LogP contribution in [-0.4, -0.2) is 22.2 Å². The van der Waals surface area contributed by atoms with E-state index in [0.29, 0.717) is 6.42 Å². The molecular weight excluding hydrogens is 833 g/mol. The highest BCUT2D eigenvalue weighted by Crippen LogP contribution is 2.20. The van der Waals surface area contributed by atoms with Gasteiger partial charge in [-0.15, -0.1) is 0 Å². The zero-order chi connectivity index (χ0) is 49.0. The molecule has 0 saturated heterocycles. The maximum Gasteiger partial charge on any atom is 0.327 e. The molecule has 404 valence electrons. The number of carboxylic acid groups (broad SMARTS) is 2. The van der Waals surface area contributed by atoms with Crippen LogP contribution in [0.5, 0.6) is 0 Å². The van der Waals surface area contributed by atoms with Crippen LogP contribution < -0.4 is 0 Å². The molecule has 68 heavy (non-hydrogen) atoms. The Labute approximate surface area is 427 Å². The van der Waals surface area contributed by atoms with Gasteiger partial charge in [0.2, 0.25) is 0 Å². The van der Waals surface area contributed by atoms with Gasteiger partial charge in [0.05, 0.1) is 0 Å². The highest BCUT2D eigenvalue weighted by Gasteiger charge is 2.01. The Hall–Kier alpha value is -1.32. The SMILES string of the molecule is O=C(O)C=CCCCCCCCCCCCCCCCCCCCCCCCCCCCCCCCCCCCCCCCCCCCCCCCCCCCCCCCCCCCCC(=O)O. The minimum absolute atomic E-state index is 0.344. The molecule has 0 rings (SSSR count). The van der Waals surface area contributed by atoms with E-state index in [2.05, 4.69) is 0 Å². The second kappa shape index (κ2) is 61.8. The number of hydrogen-bond donors (Lipinski definition) is 2. The molecule has 0 fully saturated rings. The fourth-order valence-electron chi connectivity index (χ4n) is 10.6. The number of carbonyl (C=O) groups is 2. The number of hydrogen-bond acceptors (Lipinski definition) is 2. The summed E-state index contributed by atoms with van der Waals surface area (Å²) in [6, 6.07) is 0. The van der Waals surface area contributed by atoms with Crippen LogP contribution in [0, 0.1) is 0 Å². The van der Waals surface area contributed by atoms with E-state index >= 15 is 0 Å². The average molecular weight is 958 g/mol. The second-order valence-electron chi connectivity index (χ2n) is 22.2. The van der Waals surface area contributed by atoms with E-state index in [0.717, 1.165) is 25.7 Å². The molecule has 0 amide bonds. The van der Waals surface area contributed by atoms with Crippen LogP contribution in [0.1, 0.15) is 385 Å². The summed E-state index contributed by atoms with van der Waals surface area (Å²) in [6.45, 7) is 0. The van der Waals surface area contributed by atoms with Gasteiger partial charge in [0, 0.05) is 12.5 Å². The first-order valence-electron chi connectivity index (χ1n) is 31.7. The molecule has 0 aromatic carbocycles. The Morgan fingerprint density at radius 3 is 0.471 bits per heavy atom. The van der Waals surface area contributed by atoms with Crippen LogP contribution in [0.2, 0.25) is 0 Å². The summed E-state index contributed by atoms with van der Waals surface area (Å²) in [6.07, 6.45) is 86.6. The fourth-order valence-corrected chi connectivity index (χ4v) is 10.6. The summed E-state index contributed by atoms with van der Waals surface area (Å²) in [4.78, 5) is 21.0. The maximum absolute atomic E-state index is 10.5. The van der Waals surface area contributed by atoms with E-state index < -0.39 is 11.9 Å². The lowest BCUT2D eigenvalue weighted by Gasteiger charge is -2.05. The minimum Gasteiger partial charge on any atom is -0.481 e. The zero-order valence-electron chi connectivity index (χ0n) is 46.3. The normalized spacial score (nSPS) is 11.7. The van der Waals surface area contributed by atoms with Crippen LogP contribution in [0.25, 0.3) is 0 Å². The lowest BCUT2D eigenvalue weighted by molar-refractivity contribution is -0.137. The van der Waals surface area contributed by atoms with Gasteiger partial charge >= 0.3 is 11.9 Å². The highest BCUT2D eigenvalue weighted by atomic mass is 16.4. The summed E-state index contributed by atoms with van der Waals surface area (Å²) >= 11 is 0. The molecule has 0 aliphatic carbocycles. The minimum atomic E-state index is -0.828. The van der Waals surface area contributed by atoms with Crippen molar-refractivity contribution in [1.29, 1.82) is 0 Å². The highest BCUT2D eigenvalue weighted by molar-refractivity contribution is 5.79. The molecule has 2 N–H and O–H groups in total. The smallest absolute Gasteiger partial charge is 0.327 e.